The normalized spacial score (nSPS) is 13.0. The predicted molar refractivity (Wildman–Crippen MR) is 88.1 cm³/mol. The van der Waals surface area contributed by atoms with Crippen LogP contribution in [0.15, 0.2) is 21.5 Å². The fourth-order valence-electron chi connectivity index (χ4n) is 1.45. The van der Waals surface area contributed by atoms with Gasteiger partial charge in [-0.15, -0.1) is 0 Å². The molecule has 0 spiro atoms. The molecule has 21 heavy (non-hydrogen) atoms. The zero-order valence-corrected chi connectivity index (χ0v) is 15.6. The van der Waals surface area contributed by atoms with Crippen LogP contribution in [0.3, 0.4) is 0 Å². The third-order valence-corrected chi connectivity index (χ3v) is 6.27. The molecule has 0 fully saturated rings. The van der Waals surface area contributed by atoms with Crippen molar-refractivity contribution < 1.29 is 17.4 Å². The molecule has 0 aliphatic carbocycles. The lowest BCUT2D eigenvalue weighted by atomic mass is 10.2. The van der Waals surface area contributed by atoms with E-state index < -0.39 is 25.8 Å². The molecule has 1 rings (SSSR count). The highest BCUT2D eigenvalue weighted by Gasteiger charge is 2.20. The number of rotatable bonds is 6. The Morgan fingerprint density at radius 3 is 2.57 bits per heavy atom. The molecular formula is C11H12BrCl2NO4S2. The van der Waals surface area contributed by atoms with E-state index in [1.807, 2.05) is 0 Å². The Balaban J connectivity index is 2.91. The first-order chi connectivity index (χ1) is 9.62. The van der Waals surface area contributed by atoms with Gasteiger partial charge in [0.2, 0.25) is 0 Å². The molecule has 0 radical (unpaired) electrons. The van der Waals surface area contributed by atoms with Gasteiger partial charge in [-0.25, -0.2) is 8.42 Å². The molecular weight excluding hydrogens is 425 g/mol. The molecule has 10 heteroatoms. The average molecular weight is 437 g/mol. The quantitative estimate of drug-likeness (QED) is 0.548. The summed E-state index contributed by atoms with van der Waals surface area (Å²) in [5, 5.41) is 2.66. The largest absolute Gasteiger partial charge is 0.352 e. The zero-order valence-electron chi connectivity index (χ0n) is 10.9. The van der Waals surface area contributed by atoms with Crippen molar-refractivity contribution in [2.24, 2.45) is 0 Å². The number of carbonyl (C=O) groups excluding carboxylic acids is 1. The maximum Gasteiger partial charge on any atom is 0.262 e. The van der Waals surface area contributed by atoms with Crippen molar-refractivity contribution >= 4 is 64.0 Å². The minimum absolute atomic E-state index is 0.0662. The van der Waals surface area contributed by atoms with Crippen molar-refractivity contribution in [2.75, 3.05) is 18.6 Å². The lowest BCUT2D eigenvalue weighted by Crippen LogP contribution is -2.25. The highest BCUT2D eigenvalue weighted by Crippen LogP contribution is 2.33. The summed E-state index contributed by atoms with van der Waals surface area (Å²) in [6.07, 6.45) is 2.13. The maximum atomic E-state index is 11.9. The van der Waals surface area contributed by atoms with E-state index in [-0.39, 0.29) is 20.0 Å². The molecule has 1 N–H and O–H groups in total. The number of amides is 1. The number of benzene rings is 1. The Bertz CT molecular complexity index is 679. The van der Waals surface area contributed by atoms with Crippen molar-refractivity contribution in [3.63, 3.8) is 0 Å². The van der Waals surface area contributed by atoms with Crippen LogP contribution in [0.4, 0.5) is 0 Å². The SMILES string of the molecule is CS(=O)CCCNC(=O)c1cc(Cl)c(Br)c(S(=O)(=O)Cl)c1. The molecule has 1 amide bonds. The highest BCUT2D eigenvalue weighted by molar-refractivity contribution is 9.10. The summed E-state index contributed by atoms with van der Waals surface area (Å²) in [5.74, 6) is -0.00396. The van der Waals surface area contributed by atoms with E-state index in [1.54, 1.807) is 6.26 Å². The van der Waals surface area contributed by atoms with Crippen molar-refractivity contribution in [3.05, 3.63) is 27.2 Å². The molecule has 118 valence electrons. The first-order valence-electron chi connectivity index (χ1n) is 5.65. The summed E-state index contributed by atoms with van der Waals surface area (Å²) < 4.78 is 33.9. The van der Waals surface area contributed by atoms with Gasteiger partial charge in [-0.3, -0.25) is 9.00 Å². The van der Waals surface area contributed by atoms with Crippen LogP contribution < -0.4 is 5.32 Å². The molecule has 1 atom stereocenters. The number of hydrogen-bond acceptors (Lipinski definition) is 4. The summed E-state index contributed by atoms with van der Waals surface area (Å²) in [6.45, 7) is 0.328. The van der Waals surface area contributed by atoms with E-state index in [2.05, 4.69) is 21.2 Å². The molecule has 0 aliphatic rings. The molecule has 1 aromatic rings. The molecule has 5 nitrogen and oxygen atoms in total. The monoisotopic (exact) mass is 435 g/mol. The van der Waals surface area contributed by atoms with E-state index >= 15 is 0 Å². The van der Waals surface area contributed by atoms with Crippen LogP contribution in [0, 0.1) is 0 Å². The fourth-order valence-corrected chi connectivity index (χ4v) is 4.38. The van der Waals surface area contributed by atoms with Crippen LogP contribution in [0.2, 0.25) is 5.02 Å². The minimum Gasteiger partial charge on any atom is -0.352 e. The van der Waals surface area contributed by atoms with Crippen LogP contribution >= 0.6 is 38.2 Å². The van der Waals surface area contributed by atoms with E-state index in [1.165, 1.54) is 6.07 Å². The number of carbonyl (C=O) groups is 1. The summed E-state index contributed by atoms with van der Waals surface area (Å²) in [6, 6.07) is 2.48. The predicted octanol–water partition coefficient (Wildman–Crippen LogP) is 2.53. The van der Waals surface area contributed by atoms with Gasteiger partial charge in [-0.1, -0.05) is 11.6 Å². The molecule has 0 saturated heterocycles. The fraction of sp³-hybridized carbons (Fsp3) is 0.364. The van der Waals surface area contributed by atoms with Gasteiger partial charge in [-0.05, 0) is 34.5 Å². The first-order valence-corrected chi connectivity index (χ1v) is 10.9. The Morgan fingerprint density at radius 1 is 1.43 bits per heavy atom. The Hall–Kier alpha value is -0.150. The smallest absolute Gasteiger partial charge is 0.262 e. The summed E-state index contributed by atoms with van der Waals surface area (Å²) in [7, 11) is 0.342. The third kappa shape index (κ3) is 5.86. The number of hydrogen-bond donors (Lipinski definition) is 1. The van der Waals surface area contributed by atoms with Gasteiger partial charge in [0.1, 0.15) is 0 Å². The van der Waals surface area contributed by atoms with Crippen LogP contribution in [0.1, 0.15) is 16.8 Å². The second-order valence-corrected chi connectivity index (χ2v) is 9.38. The molecule has 0 aromatic heterocycles. The van der Waals surface area contributed by atoms with Gasteiger partial charge >= 0.3 is 0 Å². The van der Waals surface area contributed by atoms with Gasteiger partial charge < -0.3 is 5.32 Å². The molecule has 0 aliphatic heterocycles. The van der Waals surface area contributed by atoms with Crippen LogP contribution in [0.5, 0.6) is 0 Å². The second kappa shape index (κ2) is 7.92. The molecule has 1 aromatic carbocycles. The molecule has 0 heterocycles. The van der Waals surface area contributed by atoms with Crippen molar-refractivity contribution in [1.82, 2.24) is 5.32 Å². The Morgan fingerprint density at radius 2 is 2.05 bits per heavy atom. The minimum atomic E-state index is -4.03. The summed E-state index contributed by atoms with van der Waals surface area (Å²) in [5.41, 5.74) is 0.0834. The van der Waals surface area contributed by atoms with Gasteiger partial charge in [0.25, 0.3) is 15.0 Å². The molecule has 1 unspecified atom stereocenters. The standard InChI is InChI=1S/C11H12BrCl2NO4S2/c1-20(17)4-2-3-15-11(16)7-5-8(13)10(12)9(6-7)21(14,18)19/h5-6H,2-4H2,1H3,(H,15,16). The topological polar surface area (TPSA) is 80.3 Å². The number of nitrogens with one attached hydrogen (secondary N) is 1. The lowest BCUT2D eigenvalue weighted by Gasteiger charge is -2.08. The second-order valence-electron chi connectivity index (χ2n) is 4.09. The highest BCUT2D eigenvalue weighted by atomic mass is 79.9. The molecule has 0 bridgehead atoms. The Labute approximate surface area is 143 Å². The van der Waals surface area contributed by atoms with E-state index in [4.69, 9.17) is 22.3 Å². The van der Waals surface area contributed by atoms with Gasteiger partial charge in [0.15, 0.2) is 0 Å². The zero-order chi connectivity index (χ0) is 16.2. The lowest BCUT2D eigenvalue weighted by molar-refractivity contribution is 0.0953. The van der Waals surface area contributed by atoms with Gasteiger partial charge in [0, 0.05) is 45.6 Å². The molecule has 0 saturated carbocycles. The van der Waals surface area contributed by atoms with E-state index in [0.717, 1.165) is 6.07 Å². The van der Waals surface area contributed by atoms with Crippen LogP contribution in [0.25, 0.3) is 0 Å². The summed E-state index contributed by atoms with van der Waals surface area (Å²) >= 11 is 8.90. The number of halogens is 3. The first kappa shape index (κ1) is 18.9. The van der Waals surface area contributed by atoms with Gasteiger partial charge in [0.05, 0.1) is 14.4 Å². The van der Waals surface area contributed by atoms with Crippen LogP contribution in [-0.4, -0.2) is 37.1 Å². The van der Waals surface area contributed by atoms with Gasteiger partial charge in [-0.2, -0.15) is 0 Å². The van der Waals surface area contributed by atoms with E-state index in [9.17, 15) is 17.4 Å². The summed E-state index contributed by atoms with van der Waals surface area (Å²) in [4.78, 5) is 11.7. The van der Waals surface area contributed by atoms with Crippen molar-refractivity contribution in [2.45, 2.75) is 11.3 Å². The van der Waals surface area contributed by atoms with Crippen LogP contribution in [-0.2, 0) is 19.9 Å². The van der Waals surface area contributed by atoms with Crippen molar-refractivity contribution in [1.29, 1.82) is 0 Å². The van der Waals surface area contributed by atoms with E-state index in [0.29, 0.717) is 18.7 Å². The third-order valence-electron chi connectivity index (χ3n) is 2.41. The Kier molecular flexibility index (Phi) is 7.12. The van der Waals surface area contributed by atoms with Crippen molar-refractivity contribution in [3.8, 4) is 0 Å². The average Bonchev–Trinajstić information content (AvgIpc) is 2.35. The maximum absolute atomic E-state index is 11.9.